The van der Waals surface area contributed by atoms with Gasteiger partial charge >= 0.3 is 0 Å². The van der Waals surface area contributed by atoms with Crippen molar-refractivity contribution in [3.63, 3.8) is 0 Å². The fourth-order valence-corrected chi connectivity index (χ4v) is 4.02. The van der Waals surface area contributed by atoms with E-state index in [1.165, 1.54) is 6.08 Å². The van der Waals surface area contributed by atoms with E-state index in [1.807, 2.05) is 35.9 Å². The number of fused-ring (bicyclic) bond motifs is 1. The van der Waals surface area contributed by atoms with Crippen LogP contribution in [-0.2, 0) is 6.54 Å². The SMILES string of the molecule is CSc1cccc(-c2c(C)n(C/C(F)=C/CN)c3ccc(C(=O)N(C)C)cc23)c1. The van der Waals surface area contributed by atoms with Crippen molar-refractivity contribution in [1.29, 1.82) is 0 Å². The van der Waals surface area contributed by atoms with E-state index in [4.69, 9.17) is 5.73 Å². The number of thioether (sulfide) groups is 1. The second-order valence-corrected chi connectivity index (χ2v) is 7.98. The Hall–Kier alpha value is -2.57. The molecule has 0 aliphatic carbocycles. The van der Waals surface area contributed by atoms with Gasteiger partial charge in [0.15, 0.2) is 0 Å². The van der Waals surface area contributed by atoms with E-state index in [1.54, 1.807) is 36.8 Å². The molecule has 4 nitrogen and oxygen atoms in total. The lowest BCUT2D eigenvalue weighted by Gasteiger charge is -2.11. The lowest BCUT2D eigenvalue weighted by atomic mass is 10.0. The molecule has 0 saturated carbocycles. The van der Waals surface area contributed by atoms with Crippen molar-refractivity contribution in [2.75, 3.05) is 26.9 Å². The van der Waals surface area contributed by atoms with Crippen LogP contribution in [-0.4, -0.2) is 42.3 Å². The van der Waals surface area contributed by atoms with Crippen LogP contribution >= 0.6 is 11.8 Å². The van der Waals surface area contributed by atoms with Crippen molar-refractivity contribution < 1.29 is 9.18 Å². The molecule has 2 N–H and O–H groups in total. The van der Waals surface area contributed by atoms with Crippen LogP contribution in [0.3, 0.4) is 0 Å². The van der Waals surface area contributed by atoms with Gasteiger partial charge in [-0.05, 0) is 55.2 Å². The lowest BCUT2D eigenvalue weighted by molar-refractivity contribution is 0.0828. The molecule has 0 radical (unpaired) electrons. The number of hydrogen-bond acceptors (Lipinski definition) is 3. The summed E-state index contributed by atoms with van der Waals surface area (Å²) in [4.78, 5) is 15.2. The summed E-state index contributed by atoms with van der Waals surface area (Å²) in [6, 6.07) is 13.9. The van der Waals surface area contributed by atoms with Crippen molar-refractivity contribution in [1.82, 2.24) is 9.47 Å². The summed E-state index contributed by atoms with van der Waals surface area (Å²) in [6.45, 7) is 2.27. The quantitative estimate of drug-likeness (QED) is 0.590. The van der Waals surface area contributed by atoms with Gasteiger partial charge in [0.1, 0.15) is 5.83 Å². The average Bonchev–Trinajstić information content (AvgIpc) is 2.98. The van der Waals surface area contributed by atoms with E-state index < -0.39 is 0 Å². The smallest absolute Gasteiger partial charge is 0.253 e. The molecule has 1 heterocycles. The number of benzene rings is 2. The molecule has 3 rings (SSSR count). The van der Waals surface area contributed by atoms with Crippen LogP contribution in [0.1, 0.15) is 16.1 Å². The Morgan fingerprint density at radius 1 is 1.24 bits per heavy atom. The Bertz CT molecular complexity index is 1090. The van der Waals surface area contributed by atoms with Crippen molar-refractivity contribution in [3.05, 3.63) is 65.6 Å². The molecule has 0 spiro atoms. The Balaban J connectivity index is 2.28. The van der Waals surface area contributed by atoms with Crippen molar-refractivity contribution in [2.45, 2.75) is 18.4 Å². The van der Waals surface area contributed by atoms with Gasteiger partial charge in [0.2, 0.25) is 0 Å². The van der Waals surface area contributed by atoms with Crippen LogP contribution in [0.2, 0.25) is 0 Å². The largest absolute Gasteiger partial charge is 0.345 e. The highest BCUT2D eigenvalue weighted by atomic mass is 32.2. The van der Waals surface area contributed by atoms with Crippen LogP contribution in [0.15, 0.2) is 59.3 Å². The van der Waals surface area contributed by atoms with Crippen molar-refractivity contribution >= 4 is 28.6 Å². The van der Waals surface area contributed by atoms with Gasteiger partial charge in [-0.2, -0.15) is 0 Å². The molecule has 0 bridgehead atoms. The highest BCUT2D eigenvalue weighted by Crippen LogP contribution is 2.37. The standard InChI is InChI=1S/C23H26FN3OS/c1-15-22(16-6-5-7-19(12-16)29-4)20-13-17(23(28)26(2)3)8-9-21(20)27(15)14-18(24)10-11-25/h5-10,12-13H,11,14,25H2,1-4H3/b18-10-. The van der Waals surface area contributed by atoms with Gasteiger partial charge < -0.3 is 15.2 Å². The van der Waals surface area contributed by atoms with E-state index >= 15 is 0 Å². The van der Waals surface area contributed by atoms with Gasteiger partial charge in [-0.15, -0.1) is 11.8 Å². The molecule has 0 atom stereocenters. The summed E-state index contributed by atoms with van der Waals surface area (Å²) in [6.07, 6.45) is 3.43. The van der Waals surface area contributed by atoms with Crippen molar-refractivity contribution in [3.8, 4) is 11.1 Å². The third kappa shape index (κ3) is 4.23. The zero-order chi connectivity index (χ0) is 21.1. The molecule has 6 heteroatoms. The van der Waals surface area contributed by atoms with E-state index in [9.17, 15) is 9.18 Å². The molecule has 1 amide bonds. The summed E-state index contributed by atoms with van der Waals surface area (Å²) < 4.78 is 16.3. The normalized spacial score (nSPS) is 11.9. The monoisotopic (exact) mass is 411 g/mol. The maximum atomic E-state index is 14.3. The third-order valence-electron chi connectivity index (χ3n) is 4.98. The first-order valence-electron chi connectivity index (χ1n) is 9.41. The zero-order valence-corrected chi connectivity index (χ0v) is 18.0. The predicted octanol–water partition coefficient (Wildman–Crippen LogP) is 4.85. The number of hydrogen-bond donors (Lipinski definition) is 1. The van der Waals surface area contributed by atoms with Crippen LogP contribution in [0.25, 0.3) is 22.0 Å². The number of nitrogens with zero attached hydrogens (tertiary/aromatic N) is 2. The number of amides is 1. The maximum absolute atomic E-state index is 14.3. The van der Waals surface area contributed by atoms with Gasteiger partial charge in [0.05, 0.1) is 6.54 Å². The van der Waals surface area contributed by atoms with Crippen LogP contribution in [0, 0.1) is 6.92 Å². The zero-order valence-electron chi connectivity index (χ0n) is 17.2. The van der Waals surface area contributed by atoms with Gasteiger partial charge in [-0.25, -0.2) is 4.39 Å². The molecule has 29 heavy (non-hydrogen) atoms. The molecule has 0 aliphatic rings. The van der Waals surface area contributed by atoms with Gasteiger partial charge in [-0.1, -0.05) is 12.1 Å². The highest BCUT2D eigenvalue weighted by molar-refractivity contribution is 7.98. The summed E-state index contributed by atoms with van der Waals surface area (Å²) in [5.41, 5.74) is 10.00. The Kier molecular flexibility index (Phi) is 6.45. The number of carbonyl (C=O) groups excluding carboxylic acids is 1. The molecule has 1 aromatic heterocycles. The average molecular weight is 412 g/mol. The molecular weight excluding hydrogens is 385 g/mol. The molecule has 0 saturated heterocycles. The minimum Gasteiger partial charge on any atom is -0.345 e. The summed E-state index contributed by atoms with van der Waals surface area (Å²) >= 11 is 1.67. The summed E-state index contributed by atoms with van der Waals surface area (Å²) in [5.74, 6) is -0.333. The van der Waals surface area contributed by atoms with E-state index in [0.29, 0.717) is 5.56 Å². The Morgan fingerprint density at radius 3 is 2.66 bits per heavy atom. The first-order chi connectivity index (χ1) is 13.9. The molecular formula is C23H26FN3OS. The Morgan fingerprint density at radius 2 is 2.00 bits per heavy atom. The number of halogens is 1. The molecule has 0 aliphatic heterocycles. The molecule has 0 unspecified atom stereocenters. The molecule has 3 aromatic rings. The van der Waals surface area contributed by atoms with Crippen LogP contribution in [0.5, 0.6) is 0 Å². The summed E-state index contributed by atoms with van der Waals surface area (Å²) in [7, 11) is 3.47. The second-order valence-electron chi connectivity index (χ2n) is 7.10. The number of aromatic nitrogens is 1. The van der Waals surface area contributed by atoms with Crippen LogP contribution < -0.4 is 5.73 Å². The third-order valence-corrected chi connectivity index (χ3v) is 5.71. The second kappa shape index (κ2) is 8.84. The topological polar surface area (TPSA) is 51.3 Å². The maximum Gasteiger partial charge on any atom is 0.253 e. The van der Waals surface area contributed by atoms with Gasteiger partial charge in [0, 0.05) is 53.3 Å². The van der Waals surface area contributed by atoms with Gasteiger partial charge in [0.25, 0.3) is 5.91 Å². The number of carbonyl (C=O) groups is 1. The summed E-state index contributed by atoms with van der Waals surface area (Å²) in [5, 5.41) is 0.939. The lowest BCUT2D eigenvalue weighted by Crippen LogP contribution is -2.21. The molecule has 152 valence electrons. The van der Waals surface area contributed by atoms with Crippen LogP contribution in [0.4, 0.5) is 4.39 Å². The van der Waals surface area contributed by atoms with E-state index in [-0.39, 0.29) is 24.8 Å². The molecule has 0 fully saturated rings. The Labute approximate surface area is 175 Å². The fraction of sp³-hybridized carbons (Fsp3) is 0.261. The fourth-order valence-electron chi connectivity index (χ4n) is 3.56. The minimum atomic E-state index is -0.273. The first-order valence-corrected chi connectivity index (χ1v) is 10.6. The molecule has 2 aromatic carbocycles. The number of nitrogens with two attached hydrogens (primary N) is 1. The van der Waals surface area contributed by atoms with E-state index in [0.717, 1.165) is 32.6 Å². The van der Waals surface area contributed by atoms with E-state index in [2.05, 4.69) is 18.2 Å². The van der Waals surface area contributed by atoms with Crippen molar-refractivity contribution in [2.24, 2.45) is 5.73 Å². The van der Waals surface area contributed by atoms with Gasteiger partial charge in [-0.3, -0.25) is 4.79 Å². The number of allylic oxidation sites excluding steroid dienone is 1. The first kappa shape index (κ1) is 21.1. The predicted molar refractivity (Wildman–Crippen MR) is 120 cm³/mol. The number of rotatable bonds is 6. The highest BCUT2D eigenvalue weighted by Gasteiger charge is 2.19. The minimum absolute atomic E-state index is 0.0599.